The lowest BCUT2D eigenvalue weighted by molar-refractivity contribution is 0.101. The van der Waals surface area contributed by atoms with Crippen LogP contribution in [-0.4, -0.2) is 12.0 Å². The van der Waals surface area contributed by atoms with Gasteiger partial charge in [-0.25, -0.2) is 0 Å². The third-order valence-electron chi connectivity index (χ3n) is 1.64. The van der Waals surface area contributed by atoms with E-state index >= 15 is 0 Å². The Morgan fingerprint density at radius 1 is 1.50 bits per heavy atom. The third kappa shape index (κ3) is 2.38. The Balaban J connectivity index is 2.88. The number of hydrogen-bond donors (Lipinski definition) is 0. The monoisotopic (exact) mass is 180 g/mol. The summed E-state index contributed by atoms with van der Waals surface area (Å²) in [6.45, 7) is 1.60. The van der Waals surface area contributed by atoms with Crippen LogP contribution in [0.2, 0.25) is 0 Å². The van der Waals surface area contributed by atoms with Crippen molar-refractivity contribution in [1.82, 2.24) is 0 Å². The Labute approximate surface area is 77.2 Å². The van der Waals surface area contributed by atoms with Gasteiger partial charge in [0.1, 0.15) is 0 Å². The maximum absolute atomic E-state index is 11.0. The van der Waals surface area contributed by atoms with E-state index in [2.05, 4.69) is 6.26 Å². The Morgan fingerprint density at radius 3 is 2.83 bits per heavy atom. The van der Waals surface area contributed by atoms with E-state index in [-0.39, 0.29) is 5.78 Å². The zero-order valence-corrected chi connectivity index (χ0v) is 8.15. The molecular formula is C10H12OS. The van der Waals surface area contributed by atoms with Crippen LogP contribution in [0.25, 0.3) is 0 Å². The van der Waals surface area contributed by atoms with Gasteiger partial charge in [0.05, 0.1) is 0 Å². The molecule has 0 fully saturated rings. The maximum Gasteiger partial charge on any atom is 0.159 e. The van der Waals surface area contributed by atoms with Crippen LogP contribution >= 0.6 is 11.8 Å². The quantitative estimate of drug-likeness (QED) is 0.665. The molecule has 0 unspecified atom stereocenters. The molecule has 0 saturated heterocycles. The molecule has 0 heterocycles. The minimum atomic E-state index is 0.137. The molecule has 1 aromatic rings. The Hall–Kier alpha value is -0.760. The summed E-state index contributed by atoms with van der Waals surface area (Å²) in [7, 11) is 0. The highest BCUT2D eigenvalue weighted by atomic mass is 32.2. The first-order valence-corrected chi connectivity index (χ1v) is 5.22. The van der Waals surface area contributed by atoms with Crippen molar-refractivity contribution in [2.45, 2.75) is 12.7 Å². The van der Waals surface area contributed by atoms with E-state index < -0.39 is 0 Å². The van der Waals surface area contributed by atoms with E-state index in [1.807, 2.05) is 24.3 Å². The second-order valence-electron chi connectivity index (χ2n) is 2.69. The van der Waals surface area contributed by atoms with Gasteiger partial charge < -0.3 is 0 Å². The predicted octanol–water partition coefficient (Wildman–Crippen LogP) is 2.75. The van der Waals surface area contributed by atoms with Gasteiger partial charge >= 0.3 is 0 Å². The number of benzene rings is 1. The number of carbonyl (C=O) groups is 1. The van der Waals surface area contributed by atoms with Crippen molar-refractivity contribution in [2.75, 3.05) is 6.26 Å². The van der Waals surface area contributed by atoms with Crippen molar-refractivity contribution in [1.29, 1.82) is 0 Å². The van der Waals surface area contributed by atoms with Crippen LogP contribution in [0.1, 0.15) is 22.8 Å². The Kier molecular flexibility index (Phi) is 3.35. The fraction of sp³-hybridized carbons (Fsp3) is 0.300. The molecule has 0 saturated carbocycles. The van der Waals surface area contributed by atoms with Crippen LogP contribution in [0.3, 0.4) is 0 Å². The second-order valence-corrected chi connectivity index (χ2v) is 3.56. The van der Waals surface area contributed by atoms with Gasteiger partial charge in [-0.2, -0.15) is 11.8 Å². The lowest BCUT2D eigenvalue weighted by Crippen LogP contribution is -1.92. The first-order valence-electron chi connectivity index (χ1n) is 3.83. The molecule has 0 amide bonds. The van der Waals surface area contributed by atoms with Crippen molar-refractivity contribution >= 4 is 17.5 Å². The molecule has 0 aromatic heterocycles. The lowest BCUT2D eigenvalue weighted by Gasteiger charge is -1.99. The van der Waals surface area contributed by atoms with Crippen molar-refractivity contribution in [3.05, 3.63) is 35.4 Å². The van der Waals surface area contributed by atoms with E-state index in [0.29, 0.717) is 0 Å². The molecule has 0 radical (unpaired) electrons. The largest absolute Gasteiger partial charge is 0.295 e. The predicted molar refractivity (Wildman–Crippen MR) is 53.7 cm³/mol. The molecule has 1 nitrogen and oxygen atoms in total. The van der Waals surface area contributed by atoms with Crippen LogP contribution in [-0.2, 0) is 5.75 Å². The summed E-state index contributed by atoms with van der Waals surface area (Å²) in [6, 6.07) is 7.79. The van der Waals surface area contributed by atoms with Crippen LogP contribution < -0.4 is 0 Å². The number of rotatable bonds is 3. The zero-order chi connectivity index (χ0) is 8.97. The maximum atomic E-state index is 11.0. The molecule has 0 aliphatic carbocycles. The molecule has 12 heavy (non-hydrogen) atoms. The van der Waals surface area contributed by atoms with E-state index in [0.717, 1.165) is 11.3 Å². The number of Topliss-reactive ketones (excluding diaryl/α,β-unsaturated/α-hetero) is 1. The highest BCUT2D eigenvalue weighted by Crippen LogP contribution is 2.11. The van der Waals surface area contributed by atoms with Crippen molar-refractivity contribution < 1.29 is 4.79 Å². The van der Waals surface area contributed by atoms with Crippen molar-refractivity contribution in [3.63, 3.8) is 0 Å². The first-order chi connectivity index (χ1) is 5.74. The molecule has 0 atom stereocenters. The van der Waals surface area contributed by atoms with Gasteiger partial charge in [0.25, 0.3) is 0 Å². The van der Waals surface area contributed by atoms with Gasteiger partial charge in [0, 0.05) is 11.3 Å². The fourth-order valence-electron chi connectivity index (χ4n) is 1.05. The Bertz CT molecular complexity index is 281. The molecule has 0 spiro atoms. The normalized spacial score (nSPS) is 9.83. The molecule has 0 aliphatic rings. The highest BCUT2D eigenvalue weighted by molar-refractivity contribution is 7.97. The van der Waals surface area contributed by atoms with Gasteiger partial charge in [0.2, 0.25) is 0 Å². The van der Waals surface area contributed by atoms with Crippen LogP contribution in [0.5, 0.6) is 0 Å². The molecule has 0 aliphatic heterocycles. The fourth-order valence-corrected chi connectivity index (χ4v) is 1.56. The average Bonchev–Trinajstić information content (AvgIpc) is 2.05. The van der Waals surface area contributed by atoms with E-state index in [9.17, 15) is 4.79 Å². The summed E-state index contributed by atoms with van der Waals surface area (Å²) in [6.07, 6.45) is 2.06. The van der Waals surface area contributed by atoms with Crippen LogP contribution in [0.15, 0.2) is 24.3 Å². The molecule has 0 bridgehead atoms. The van der Waals surface area contributed by atoms with E-state index in [1.165, 1.54) is 5.56 Å². The summed E-state index contributed by atoms with van der Waals surface area (Å²) in [5.41, 5.74) is 2.02. The number of carbonyl (C=O) groups excluding carboxylic acids is 1. The average molecular weight is 180 g/mol. The van der Waals surface area contributed by atoms with E-state index in [4.69, 9.17) is 0 Å². The lowest BCUT2D eigenvalue weighted by atomic mass is 10.1. The van der Waals surface area contributed by atoms with Gasteiger partial charge in [-0.3, -0.25) is 4.79 Å². The van der Waals surface area contributed by atoms with Gasteiger partial charge in [-0.1, -0.05) is 18.2 Å². The van der Waals surface area contributed by atoms with Gasteiger partial charge in [0.15, 0.2) is 5.78 Å². The van der Waals surface area contributed by atoms with E-state index in [1.54, 1.807) is 18.7 Å². The second kappa shape index (κ2) is 4.31. The number of ketones is 1. The van der Waals surface area contributed by atoms with Gasteiger partial charge in [-0.05, 0) is 24.8 Å². The number of hydrogen-bond acceptors (Lipinski definition) is 2. The smallest absolute Gasteiger partial charge is 0.159 e. The standard InChI is InChI=1S/C10H12OS/c1-8(11)10-5-3-4-9(6-10)7-12-2/h3-6H,7H2,1-2H3. The molecular weight excluding hydrogens is 168 g/mol. The zero-order valence-electron chi connectivity index (χ0n) is 7.33. The minimum absolute atomic E-state index is 0.137. The minimum Gasteiger partial charge on any atom is -0.295 e. The third-order valence-corrected chi connectivity index (χ3v) is 2.27. The first kappa shape index (κ1) is 9.33. The summed E-state index contributed by atoms with van der Waals surface area (Å²) in [4.78, 5) is 11.0. The van der Waals surface area contributed by atoms with Gasteiger partial charge in [-0.15, -0.1) is 0 Å². The summed E-state index contributed by atoms with van der Waals surface area (Å²) < 4.78 is 0. The number of thioether (sulfide) groups is 1. The molecule has 2 heteroatoms. The van der Waals surface area contributed by atoms with Crippen LogP contribution in [0.4, 0.5) is 0 Å². The highest BCUT2D eigenvalue weighted by Gasteiger charge is 1.98. The van der Waals surface area contributed by atoms with Crippen molar-refractivity contribution in [2.24, 2.45) is 0 Å². The molecule has 0 N–H and O–H groups in total. The summed E-state index contributed by atoms with van der Waals surface area (Å²) in [5, 5.41) is 0. The summed E-state index contributed by atoms with van der Waals surface area (Å²) >= 11 is 1.76. The van der Waals surface area contributed by atoms with Crippen LogP contribution in [0, 0.1) is 0 Å². The molecule has 64 valence electrons. The Morgan fingerprint density at radius 2 is 2.25 bits per heavy atom. The van der Waals surface area contributed by atoms with Crippen molar-refractivity contribution in [3.8, 4) is 0 Å². The SMILES string of the molecule is CSCc1cccc(C(C)=O)c1. The topological polar surface area (TPSA) is 17.1 Å². The molecule has 1 aromatic carbocycles. The molecule has 1 rings (SSSR count). The summed E-state index contributed by atoms with van der Waals surface area (Å²) in [5.74, 6) is 1.11.